The molecule has 3 atom stereocenters. The van der Waals surface area contributed by atoms with Gasteiger partial charge in [0.15, 0.2) is 0 Å². The third-order valence-corrected chi connectivity index (χ3v) is 6.13. The lowest BCUT2D eigenvalue weighted by Crippen LogP contribution is -2.33. The minimum atomic E-state index is -0.417. The topological polar surface area (TPSA) is 40.5 Å². The number of hydrogen-bond donors (Lipinski definition) is 1. The van der Waals surface area contributed by atoms with Crippen LogP contribution < -0.4 is 0 Å². The van der Waals surface area contributed by atoms with E-state index in [4.69, 9.17) is 0 Å². The number of nitrogens with zero attached hydrogens (tertiary/aromatic N) is 1. The van der Waals surface area contributed by atoms with Gasteiger partial charge >= 0.3 is 0 Å². The average molecular weight is 380 g/mol. The van der Waals surface area contributed by atoms with Crippen LogP contribution in [0.5, 0.6) is 0 Å². The summed E-state index contributed by atoms with van der Waals surface area (Å²) >= 11 is 0. The number of rotatable bonds is 7. The maximum absolute atomic E-state index is 11.7. The van der Waals surface area contributed by atoms with Crippen molar-refractivity contribution in [3.63, 3.8) is 0 Å². The molecule has 2 rings (SSSR count). The van der Waals surface area contributed by atoms with E-state index in [0.717, 1.165) is 31.2 Å². The molecule has 0 spiro atoms. The highest BCUT2D eigenvalue weighted by Gasteiger charge is 2.38. The summed E-state index contributed by atoms with van der Waals surface area (Å²) in [6.45, 7) is 17.0. The van der Waals surface area contributed by atoms with E-state index >= 15 is 0 Å². The van der Waals surface area contributed by atoms with E-state index in [9.17, 15) is 10.0 Å². The summed E-state index contributed by atoms with van der Waals surface area (Å²) in [5.74, 6) is 0.554. The van der Waals surface area contributed by atoms with Crippen LogP contribution in [0.1, 0.15) is 55.5 Å². The molecule has 1 saturated carbocycles. The maximum Gasteiger partial charge on any atom is 0.276 e. The maximum atomic E-state index is 11.7. The number of hydroxylamine groups is 2. The van der Waals surface area contributed by atoms with Gasteiger partial charge in [-0.05, 0) is 67.6 Å². The van der Waals surface area contributed by atoms with Crippen LogP contribution >= 0.6 is 0 Å². The number of benzene rings is 1. The Bertz CT molecular complexity index is 772. The van der Waals surface area contributed by atoms with Crippen LogP contribution in [0.2, 0.25) is 0 Å². The Kier molecular flexibility index (Phi) is 7.20. The smallest absolute Gasteiger partial charge is 0.276 e. The first kappa shape index (κ1) is 21.9. The van der Waals surface area contributed by atoms with Gasteiger partial charge in [0.25, 0.3) is 5.91 Å². The molecule has 1 aliphatic rings. The lowest BCUT2D eigenvalue weighted by Gasteiger charge is -2.43. The highest BCUT2D eigenvalue weighted by molar-refractivity contribution is 5.93. The molecule has 1 fully saturated rings. The molecule has 0 saturated heterocycles. The fourth-order valence-corrected chi connectivity index (χ4v) is 4.15. The lowest BCUT2D eigenvalue weighted by atomic mass is 9.61. The molecule has 1 amide bonds. The second-order valence-electron chi connectivity index (χ2n) is 8.30. The Morgan fingerprint density at radius 1 is 1.32 bits per heavy atom. The zero-order valence-corrected chi connectivity index (χ0v) is 17.4. The minimum absolute atomic E-state index is 0.139. The molecule has 0 aliphatic heterocycles. The monoisotopic (exact) mass is 379 g/mol. The van der Waals surface area contributed by atoms with Gasteiger partial charge in [0.1, 0.15) is 0 Å². The van der Waals surface area contributed by atoms with Crippen molar-refractivity contribution in [2.75, 3.05) is 7.05 Å². The Morgan fingerprint density at radius 3 is 2.50 bits per heavy atom. The number of carbonyl (C=O) groups excluding carboxylic acids is 1. The molecular weight excluding hydrogens is 346 g/mol. The summed E-state index contributed by atoms with van der Waals surface area (Å²) in [5, 5.41) is 9.81. The third kappa shape index (κ3) is 5.11. The summed E-state index contributed by atoms with van der Waals surface area (Å²) in [4.78, 5) is 11.7. The molecule has 1 aromatic rings. The Balaban J connectivity index is 1.95. The van der Waals surface area contributed by atoms with Gasteiger partial charge in [0, 0.05) is 12.6 Å². The molecule has 1 aliphatic carbocycles. The molecule has 0 bridgehead atoms. The van der Waals surface area contributed by atoms with Crippen molar-refractivity contribution in [2.24, 2.45) is 17.3 Å². The summed E-state index contributed by atoms with van der Waals surface area (Å²) in [5.41, 5.74) is 4.12. The van der Waals surface area contributed by atoms with Gasteiger partial charge in [-0.25, -0.2) is 5.06 Å². The van der Waals surface area contributed by atoms with Crippen molar-refractivity contribution >= 4 is 12.0 Å². The van der Waals surface area contributed by atoms with Crippen LogP contribution in [-0.4, -0.2) is 23.2 Å². The van der Waals surface area contributed by atoms with E-state index < -0.39 is 5.91 Å². The third-order valence-electron chi connectivity index (χ3n) is 6.13. The molecule has 1 N–H and O–H groups in total. The number of carbonyl (C=O) groups is 1. The van der Waals surface area contributed by atoms with Gasteiger partial charge in [-0.2, -0.15) is 0 Å². The predicted octanol–water partition coefficient (Wildman–Crippen LogP) is 6.29. The predicted molar refractivity (Wildman–Crippen MR) is 117 cm³/mol. The summed E-state index contributed by atoms with van der Waals surface area (Å²) < 4.78 is 0. The average Bonchev–Trinajstić information content (AvgIpc) is 2.67. The number of amides is 1. The minimum Gasteiger partial charge on any atom is -0.286 e. The molecule has 0 radical (unpaired) electrons. The van der Waals surface area contributed by atoms with Gasteiger partial charge in [0.05, 0.1) is 0 Å². The Hall–Kier alpha value is -2.39. The molecule has 0 unspecified atom stereocenters. The van der Waals surface area contributed by atoms with Crippen molar-refractivity contribution in [3.05, 3.63) is 78.4 Å². The molecular formula is C25H33NO2. The second kappa shape index (κ2) is 9.20. The van der Waals surface area contributed by atoms with Gasteiger partial charge in [-0.1, -0.05) is 61.6 Å². The van der Waals surface area contributed by atoms with Crippen molar-refractivity contribution in [3.8, 4) is 0 Å². The molecule has 3 nitrogen and oxygen atoms in total. The van der Waals surface area contributed by atoms with Crippen molar-refractivity contribution in [1.29, 1.82) is 0 Å². The standard InChI is InChI=1S/C25H33NO2/c1-7-25(5)16-15-22(17-23(25)18(2)3)19(4)9-8-10-20-11-13-21(14-12-20)24(27)26(6)28/h7-8,10-14,22-23,28H,1-2,4,9,15-17H2,3,5-6H3/b10-8+/t22-,23+,25-/m1/s1. The molecule has 1 aromatic carbocycles. The summed E-state index contributed by atoms with van der Waals surface area (Å²) in [6.07, 6.45) is 10.5. The molecule has 150 valence electrons. The fraction of sp³-hybridized carbons (Fsp3) is 0.400. The lowest BCUT2D eigenvalue weighted by molar-refractivity contribution is -0.0374. The van der Waals surface area contributed by atoms with Crippen LogP contribution in [-0.2, 0) is 0 Å². The normalized spacial score (nSPS) is 24.7. The van der Waals surface area contributed by atoms with Crippen molar-refractivity contribution < 1.29 is 10.0 Å². The SMILES string of the molecule is C=C[C@]1(C)CC[C@@H](C(=C)C/C=C/c2ccc(C(=O)N(C)O)cc2)C[C@H]1C(=C)C. The van der Waals surface area contributed by atoms with Crippen LogP contribution in [0.25, 0.3) is 6.08 Å². The first-order chi connectivity index (χ1) is 13.2. The summed E-state index contributed by atoms with van der Waals surface area (Å²) in [7, 11) is 1.32. The molecule has 28 heavy (non-hydrogen) atoms. The van der Waals surface area contributed by atoms with Crippen LogP contribution in [0.3, 0.4) is 0 Å². The number of allylic oxidation sites excluding steroid dienone is 4. The Labute approximate surface area is 169 Å². The fourth-order valence-electron chi connectivity index (χ4n) is 4.15. The Morgan fingerprint density at radius 2 is 1.96 bits per heavy atom. The zero-order chi connectivity index (χ0) is 20.9. The molecule has 0 heterocycles. The van der Waals surface area contributed by atoms with E-state index in [0.29, 0.717) is 22.5 Å². The quantitative estimate of drug-likeness (QED) is 0.343. The van der Waals surface area contributed by atoms with Gasteiger partial charge in [-0.3, -0.25) is 10.0 Å². The zero-order valence-electron chi connectivity index (χ0n) is 17.4. The van der Waals surface area contributed by atoms with E-state index in [1.54, 1.807) is 12.1 Å². The largest absolute Gasteiger partial charge is 0.286 e. The van der Waals surface area contributed by atoms with Crippen LogP contribution in [0, 0.1) is 17.3 Å². The van der Waals surface area contributed by atoms with Crippen molar-refractivity contribution in [1.82, 2.24) is 5.06 Å². The second-order valence-corrected chi connectivity index (χ2v) is 8.30. The van der Waals surface area contributed by atoms with E-state index in [1.807, 2.05) is 12.1 Å². The highest BCUT2D eigenvalue weighted by Crippen LogP contribution is 2.49. The van der Waals surface area contributed by atoms with Crippen molar-refractivity contribution in [2.45, 2.75) is 39.5 Å². The van der Waals surface area contributed by atoms with Gasteiger partial charge < -0.3 is 0 Å². The summed E-state index contributed by atoms with van der Waals surface area (Å²) in [6, 6.07) is 7.20. The van der Waals surface area contributed by atoms with E-state index in [1.165, 1.54) is 18.2 Å². The van der Waals surface area contributed by atoms with Crippen LogP contribution in [0.4, 0.5) is 0 Å². The highest BCUT2D eigenvalue weighted by atomic mass is 16.5. The van der Waals surface area contributed by atoms with Crippen LogP contribution in [0.15, 0.2) is 67.3 Å². The van der Waals surface area contributed by atoms with Gasteiger partial charge in [-0.15, -0.1) is 6.58 Å². The molecule has 0 aromatic heterocycles. The van der Waals surface area contributed by atoms with Gasteiger partial charge in [0.2, 0.25) is 0 Å². The van der Waals surface area contributed by atoms with E-state index in [-0.39, 0.29) is 5.41 Å². The van der Waals surface area contributed by atoms with E-state index in [2.05, 4.69) is 51.8 Å². The molecule has 3 heteroatoms. The first-order valence-electron chi connectivity index (χ1n) is 9.88. The number of hydrogen-bond acceptors (Lipinski definition) is 2. The first-order valence-corrected chi connectivity index (χ1v) is 9.88.